The number of nitrogens with zero attached hydrogens (tertiary/aromatic N) is 1. The highest BCUT2D eigenvalue weighted by Gasteiger charge is 2.34. The predicted octanol–water partition coefficient (Wildman–Crippen LogP) is 4.56. The summed E-state index contributed by atoms with van der Waals surface area (Å²) in [6.45, 7) is 1.66. The first kappa shape index (κ1) is 20.0. The molecule has 1 unspecified atom stereocenters. The van der Waals surface area contributed by atoms with Crippen LogP contribution in [0.3, 0.4) is 0 Å². The summed E-state index contributed by atoms with van der Waals surface area (Å²) in [5.41, 5.74) is -0.520. The molecule has 0 N–H and O–H groups in total. The number of hydrogen-bond donors (Lipinski definition) is 0. The smallest absolute Gasteiger partial charge is 0.417 e. The van der Waals surface area contributed by atoms with Crippen molar-refractivity contribution in [1.29, 1.82) is 0 Å². The molecule has 0 radical (unpaired) electrons. The fourth-order valence-corrected chi connectivity index (χ4v) is 3.75. The Morgan fingerprint density at radius 2 is 1.97 bits per heavy atom. The quantitative estimate of drug-likeness (QED) is 0.587. The number of anilines is 1. The zero-order chi connectivity index (χ0) is 21.5. The van der Waals surface area contributed by atoms with Gasteiger partial charge in [-0.25, -0.2) is 4.79 Å². The van der Waals surface area contributed by atoms with Crippen molar-refractivity contribution in [1.82, 2.24) is 0 Å². The third-order valence-electron chi connectivity index (χ3n) is 5.18. The Kier molecular flexibility index (Phi) is 5.01. The maximum atomic E-state index is 13.2. The number of amides is 1. The average Bonchev–Trinajstić information content (AvgIpc) is 2.70. The molecule has 1 amide bonds. The molecule has 8 heteroatoms. The second kappa shape index (κ2) is 7.51. The van der Waals surface area contributed by atoms with Crippen LogP contribution in [0.5, 0.6) is 5.75 Å². The molecule has 0 fully saturated rings. The molecule has 30 heavy (non-hydrogen) atoms. The number of benzene rings is 2. The van der Waals surface area contributed by atoms with Gasteiger partial charge in [0.05, 0.1) is 5.56 Å². The maximum Gasteiger partial charge on any atom is 0.417 e. The lowest BCUT2D eigenvalue weighted by Crippen LogP contribution is -2.44. The van der Waals surface area contributed by atoms with Crippen molar-refractivity contribution in [2.75, 3.05) is 11.5 Å². The summed E-state index contributed by atoms with van der Waals surface area (Å²) in [4.78, 5) is 26.0. The van der Waals surface area contributed by atoms with Gasteiger partial charge in [-0.3, -0.25) is 4.79 Å². The Balaban J connectivity index is 1.57. The summed E-state index contributed by atoms with van der Waals surface area (Å²) in [6, 6.07) is 11.7. The third kappa shape index (κ3) is 3.77. The number of ether oxygens (including phenoxy) is 1. The molecule has 3 aromatic rings. The third-order valence-corrected chi connectivity index (χ3v) is 5.18. The van der Waals surface area contributed by atoms with Crippen molar-refractivity contribution in [3.05, 3.63) is 70.1 Å². The molecule has 0 aliphatic carbocycles. The van der Waals surface area contributed by atoms with Crippen molar-refractivity contribution < 1.29 is 27.1 Å². The SMILES string of the molecule is CC1CCc2ccccc2N1C(=O)COc1ccc2c(C(F)(F)F)cc(=O)oc2c1. The highest BCUT2D eigenvalue weighted by atomic mass is 19.4. The summed E-state index contributed by atoms with van der Waals surface area (Å²) in [6.07, 6.45) is -2.98. The van der Waals surface area contributed by atoms with Crippen LogP contribution in [0, 0.1) is 0 Å². The van der Waals surface area contributed by atoms with Gasteiger partial charge in [0.1, 0.15) is 11.3 Å². The average molecular weight is 417 g/mol. The van der Waals surface area contributed by atoms with E-state index in [1.165, 1.54) is 18.2 Å². The Morgan fingerprint density at radius 3 is 2.73 bits per heavy atom. The highest BCUT2D eigenvalue weighted by Crippen LogP contribution is 2.35. The van der Waals surface area contributed by atoms with E-state index in [4.69, 9.17) is 9.15 Å². The molecule has 0 saturated carbocycles. The Labute approximate surface area is 169 Å². The lowest BCUT2D eigenvalue weighted by atomic mass is 9.96. The molecule has 4 rings (SSSR count). The number of hydrogen-bond acceptors (Lipinski definition) is 4. The predicted molar refractivity (Wildman–Crippen MR) is 105 cm³/mol. The first-order chi connectivity index (χ1) is 14.2. The van der Waals surface area contributed by atoms with E-state index in [-0.39, 0.29) is 35.3 Å². The Morgan fingerprint density at radius 1 is 1.20 bits per heavy atom. The minimum absolute atomic E-state index is 0.0000289. The summed E-state index contributed by atoms with van der Waals surface area (Å²) in [7, 11) is 0. The van der Waals surface area contributed by atoms with Crippen molar-refractivity contribution in [3.63, 3.8) is 0 Å². The summed E-state index contributed by atoms with van der Waals surface area (Å²) < 4.78 is 49.9. The topological polar surface area (TPSA) is 59.8 Å². The second-order valence-electron chi connectivity index (χ2n) is 7.20. The number of aryl methyl sites for hydroxylation is 1. The van der Waals surface area contributed by atoms with Crippen LogP contribution >= 0.6 is 0 Å². The van der Waals surface area contributed by atoms with E-state index in [2.05, 4.69) is 0 Å². The largest absolute Gasteiger partial charge is 0.484 e. The molecule has 1 aliphatic heterocycles. The minimum atomic E-state index is -4.69. The van der Waals surface area contributed by atoms with Crippen molar-refractivity contribution in [3.8, 4) is 5.75 Å². The van der Waals surface area contributed by atoms with E-state index in [1.807, 2.05) is 31.2 Å². The molecular formula is C22H18F3NO4. The van der Waals surface area contributed by atoms with Crippen molar-refractivity contribution >= 4 is 22.6 Å². The lowest BCUT2D eigenvalue weighted by molar-refractivity contribution is -0.136. The molecule has 1 aromatic heterocycles. The molecule has 0 spiro atoms. The van der Waals surface area contributed by atoms with Gasteiger partial charge in [0.25, 0.3) is 5.91 Å². The van der Waals surface area contributed by atoms with Crippen LogP contribution in [0.15, 0.2) is 57.7 Å². The van der Waals surface area contributed by atoms with Crippen LogP contribution in [-0.2, 0) is 17.4 Å². The number of halogens is 3. The van der Waals surface area contributed by atoms with E-state index in [1.54, 1.807) is 4.90 Å². The van der Waals surface area contributed by atoms with Crippen molar-refractivity contribution in [2.45, 2.75) is 32.0 Å². The fraction of sp³-hybridized carbons (Fsp3) is 0.273. The van der Waals surface area contributed by atoms with Crippen LogP contribution in [-0.4, -0.2) is 18.6 Å². The number of rotatable bonds is 3. The van der Waals surface area contributed by atoms with E-state index < -0.39 is 17.4 Å². The Bertz CT molecular complexity index is 1170. The molecule has 0 saturated heterocycles. The van der Waals surface area contributed by atoms with E-state index in [0.29, 0.717) is 6.07 Å². The number of carbonyl (C=O) groups is 1. The van der Waals surface area contributed by atoms with Gasteiger partial charge in [-0.15, -0.1) is 0 Å². The number of para-hydroxylation sites is 1. The normalized spacial score (nSPS) is 16.4. The number of carbonyl (C=O) groups excluding carboxylic acids is 1. The second-order valence-corrected chi connectivity index (χ2v) is 7.20. The first-order valence-electron chi connectivity index (χ1n) is 9.42. The molecular weight excluding hydrogens is 399 g/mol. The summed E-state index contributed by atoms with van der Waals surface area (Å²) >= 11 is 0. The fourth-order valence-electron chi connectivity index (χ4n) is 3.75. The molecule has 1 aliphatic rings. The molecule has 5 nitrogen and oxygen atoms in total. The van der Waals surface area contributed by atoms with Crippen LogP contribution < -0.4 is 15.3 Å². The van der Waals surface area contributed by atoms with Crippen LogP contribution in [0.25, 0.3) is 11.0 Å². The minimum Gasteiger partial charge on any atom is -0.484 e. The summed E-state index contributed by atoms with van der Waals surface area (Å²) in [5.74, 6) is -0.128. The first-order valence-corrected chi connectivity index (χ1v) is 9.42. The number of fused-ring (bicyclic) bond motifs is 2. The van der Waals surface area contributed by atoms with E-state index >= 15 is 0 Å². The van der Waals surface area contributed by atoms with E-state index in [0.717, 1.165) is 24.1 Å². The van der Waals surface area contributed by atoms with Gasteiger partial charge >= 0.3 is 11.8 Å². The van der Waals surface area contributed by atoms with Gasteiger partial charge in [0.15, 0.2) is 6.61 Å². The molecule has 2 aromatic carbocycles. The molecule has 156 valence electrons. The highest BCUT2D eigenvalue weighted by molar-refractivity contribution is 5.96. The Hall–Kier alpha value is -3.29. The van der Waals surface area contributed by atoms with Crippen LogP contribution in [0.1, 0.15) is 24.5 Å². The van der Waals surface area contributed by atoms with Gasteiger partial charge in [-0.2, -0.15) is 13.2 Å². The molecule has 1 atom stereocenters. The molecule has 2 heterocycles. The zero-order valence-corrected chi connectivity index (χ0v) is 16.0. The van der Waals surface area contributed by atoms with Crippen molar-refractivity contribution in [2.24, 2.45) is 0 Å². The van der Waals surface area contributed by atoms with Gasteiger partial charge in [0, 0.05) is 29.2 Å². The zero-order valence-electron chi connectivity index (χ0n) is 16.0. The van der Waals surface area contributed by atoms with Gasteiger partial charge < -0.3 is 14.1 Å². The van der Waals surface area contributed by atoms with Crippen LogP contribution in [0.2, 0.25) is 0 Å². The van der Waals surface area contributed by atoms with Gasteiger partial charge in [-0.05, 0) is 43.5 Å². The lowest BCUT2D eigenvalue weighted by Gasteiger charge is -2.35. The van der Waals surface area contributed by atoms with Crippen LogP contribution in [0.4, 0.5) is 18.9 Å². The standard InChI is InChI=1S/C22H18F3NO4/c1-13-6-7-14-4-2-3-5-18(14)26(13)20(27)12-29-15-8-9-16-17(22(23,24)25)11-21(28)30-19(16)10-15/h2-5,8-11,13H,6-7,12H2,1H3. The van der Waals surface area contributed by atoms with Gasteiger partial charge in [0.2, 0.25) is 0 Å². The van der Waals surface area contributed by atoms with Gasteiger partial charge in [-0.1, -0.05) is 18.2 Å². The number of alkyl halides is 3. The monoisotopic (exact) mass is 417 g/mol. The van der Waals surface area contributed by atoms with E-state index in [9.17, 15) is 22.8 Å². The maximum absolute atomic E-state index is 13.2. The molecule has 0 bridgehead atoms. The summed E-state index contributed by atoms with van der Waals surface area (Å²) in [5, 5.41) is -0.251.